The van der Waals surface area contributed by atoms with Gasteiger partial charge in [-0.25, -0.2) is 4.79 Å². The summed E-state index contributed by atoms with van der Waals surface area (Å²) >= 11 is 0. The Hall–Kier alpha value is -3.30. The Bertz CT molecular complexity index is 780. The first-order valence-electron chi connectivity index (χ1n) is 12.3. The van der Waals surface area contributed by atoms with Crippen LogP contribution in [-0.2, 0) is 28.8 Å². The highest BCUT2D eigenvalue weighted by Crippen LogP contribution is 2.07. The van der Waals surface area contributed by atoms with Gasteiger partial charge >= 0.3 is 5.97 Å². The fourth-order valence-corrected chi connectivity index (χ4v) is 3.32. The van der Waals surface area contributed by atoms with Crippen LogP contribution >= 0.6 is 0 Å². The van der Waals surface area contributed by atoms with Crippen molar-refractivity contribution >= 4 is 35.5 Å². The molecule has 0 rings (SSSR count). The van der Waals surface area contributed by atoms with Crippen LogP contribution in [0, 0.1) is 0 Å². The lowest BCUT2D eigenvalue weighted by molar-refractivity contribution is -0.142. The van der Waals surface area contributed by atoms with Crippen molar-refractivity contribution < 1.29 is 33.9 Å². The molecular weight excluding hydrogens is 488 g/mol. The molecule has 0 aliphatic rings. The Morgan fingerprint density at radius 2 is 1.00 bits per heavy atom. The van der Waals surface area contributed by atoms with E-state index >= 15 is 0 Å². The normalized spacial score (nSPS) is 14.0. The van der Waals surface area contributed by atoms with Gasteiger partial charge in [-0.15, -0.1) is 0 Å². The van der Waals surface area contributed by atoms with Crippen molar-refractivity contribution in [1.82, 2.24) is 16.0 Å². The Morgan fingerprint density at radius 1 is 0.595 bits per heavy atom. The summed E-state index contributed by atoms with van der Waals surface area (Å²) in [6.45, 7) is 0.714. The van der Waals surface area contributed by atoms with Gasteiger partial charge in [0.15, 0.2) is 0 Å². The number of hydrogen-bond acceptors (Lipinski definition) is 9. The fraction of sp³-hybridized carbons (Fsp3) is 0.727. The maximum atomic E-state index is 13.1. The molecule has 0 aliphatic heterocycles. The zero-order valence-electron chi connectivity index (χ0n) is 21.1. The van der Waals surface area contributed by atoms with Gasteiger partial charge in [0.05, 0.1) is 6.04 Å². The molecule has 15 heteroatoms. The number of carbonyl (C=O) groups excluding carboxylic acids is 5. The summed E-state index contributed by atoms with van der Waals surface area (Å²) in [5, 5.41) is 16.8. The second-order valence-corrected chi connectivity index (χ2v) is 8.71. The molecule has 212 valence electrons. The van der Waals surface area contributed by atoms with Gasteiger partial charge in [0.2, 0.25) is 29.5 Å². The maximum absolute atomic E-state index is 13.1. The topological polar surface area (TPSA) is 289 Å². The molecule has 5 amide bonds. The monoisotopic (exact) mass is 530 g/mol. The van der Waals surface area contributed by atoms with Crippen molar-refractivity contribution in [3.05, 3.63) is 0 Å². The lowest BCUT2D eigenvalue weighted by Crippen LogP contribution is -2.57. The van der Waals surface area contributed by atoms with Crippen molar-refractivity contribution in [2.45, 2.75) is 88.4 Å². The van der Waals surface area contributed by atoms with Gasteiger partial charge in [-0.1, -0.05) is 0 Å². The number of aliphatic carboxylic acids is 1. The highest BCUT2D eigenvalue weighted by Gasteiger charge is 2.30. The third-order valence-electron chi connectivity index (χ3n) is 5.49. The molecule has 0 saturated carbocycles. The maximum Gasteiger partial charge on any atom is 0.326 e. The number of nitrogens with two attached hydrogens (primary N) is 5. The van der Waals surface area contributed by atoms with Gasteiger partial charge in [0.1, 0.15) is 18.1 Å². The Labute approximate surface area is 216 Å². The van der Waals surface area contributed by atoms with Crippen LogP contribution in [0.15, 0.2) is 0 Å². The Morgan fingerprint density at radius 3 is 1.46 bits per heavy atom. The largest absolute Gasteiger partial charge is 0.480 e. The lowest BCUT2D eigenvalue weighted by Gasteiger charge is -2.25. The molecule has 0 aromatic heterocycles. The number of primary amides is 2. The van der Waals surface area contributed by atoms with E-state index in [0.29, 0.717) is 38.8 Å². The smallest absolute Gasteiger partial charge is 0.326 e. The van der Waals surface area contributed by atoms with Crippen molar-refractivity contribution in [1.29, 1.82) is 0 Å². The lowest BCUT2D eigenvalue weighted by atomic mass is 10.0. The van der Waals surface area contributed by atoms with E-state index in [-0.39, 0.29) is 38.5 Å². The molecule has 0 aromatic carbocycles. The van der Waals surface area contributed by atoms with Gasteiger partial charge in [0, 0.05) is 12.8 Å². The number of amides is 5. The summed E-state index contributed by atoms with van der Waals surface area (Å²) in [6, 6.07) is -4.73. The number of unbranched alkanes of at least 4 members (excludes halogenated alkanes) is 2. The van der Waals surface area contributed by atoms with Gasteiger partial charge in [-0.05, 0) is 64.5 Å². The second kappa shape index (κ2) is 18.9. The summed E-state index contributed by atoms with van der Waals surface area (Å²) in [7, 11) is 0. The third kappa shape index (κ3) is 15.4. The van der Waals surface area contributed by atoms with Crippen molar-refractivity contribution in [2.24, 2.45) is 28.7 Å². The molecule has 0 radical (unpaired) electrons. The second-order valence-electron chi connectivity index (χ2n) is 8.71. The van der Waals surface area contributed by atoms with E-state index in [2.05, 4.69) is 16.0 Å². The van der Waals surface area contributed by atoms with Crippen LogP contribution in [0.25, 0.3) is 0 Å². The average molecular weight is 531 g/mol. The van der Waals surface area contributed by atoms with Crippen LogP contribution in [0.4, 0.5) is 0 Å². The zero-order valence-corrected chi connectivity index (χ0v) is 21.1. The van der Waals surface area contributed by atoms with Crippen LogP contribution in [-0.4, -0.2) is 77.9 Å². The van der Waals surface area contributed by atoms with Crippen molar-refractivity contribution in [2.75, 3.05) is 13.1 Å². The van der Waals surface area contributed by atoms with Crippen LogP contribution in [0.5, 0.6) is 0 Å². The van der Waals surface area contributed by atoms with E-state index in [1.54, 1.807) is 0 Å². The van der Waals surface area contributed by atoms with E-state index < -0.39 is 59.7 Å². The number of carbonyl (C=O) groups is 6. The van der Waals surface area contributed by atoms with E-state index in [0.717, 1.165) is 0 Å². The summed E-state index contributed by atoms with van der Waals surface area (Å²) in [5.41, 5.74) is 27.0. The van der Waals surface area contributed by atoms with E-state index in [1.165, 1.54) is 0 Å². The molecule has 0 aliphatic carbocycles. The van der Waals surface area contributed by atoms with Gasteiger partial charge in [-0.2, -0.15) is 0 Å². The van der Waals surface area contributed by atoms with Gasteiger partial charge in [-0.3, -0.25) is 24.0 Å². The molecule has 0 fully saturated rings. The summed E-state index contributed by atoms with van der Waals surface area (Å²) in [4.78, 5) is 72.2. The predicted molar refractivity (Wildman–Crippen MR) is 134 cm³/mol. The molecular formula is C22H42N8O7. The third-order valence-corrected chi connectivity index (χ3v) is 5.49. The first-order chi connectivity index (χ1) is 17.4. The molecule has 4 unspecified atom stereocenters. The standard InChI is InChI=1S/C22H42N8O7/c23-11-3-1-5-14(28-19(33)13(25)7-9-17(26)31)20(34)29-15(8-10-18(27)32)21(35)30-16(22(36)37)6-2-4-12-24/h13-16H,1-12,23-25H2,(H2,26,31)(H2,27,32)(H,28,33)(H,29,34)(H,30,35)(H,36,37). The number of nitrogens with one attached hydrogen (secondary N) is 3. The zero-order chi connectivity index (χ0) is 28.4. The predicted octanol–water partition coefficient (Wildman–Crippen LogP) is -3.36. The molecule has 0 spiro atoms. The first-order valence-corrected chi connectivity index (χ1v) is 12.3. The molecule has 0 saturated heterocycles. The Balaban J connectivity index is 5.53. The quantitative estimate of drug-likeness (QED) is 0.0664. The number of hydrogen-bond donors (Lipinski definition) is 9. The van der Waals surface area contributed by atoms with Crippen LogP contribution < -0.4 is 44.6 Å². The molecule has 4 atom stereocenters. The first kappa shape index (κ1) is 33.7. The minimum Gasteiger partial charge on any atom is -0.480 e. The van der Waals surface area contributed by atoms with Crippen molar-refractivity contribution in [3.8, 4) is 0 Å². The summed E-state index contributed by atoms with van der Waals surface area (Å²) < 4.78 is 0. The molecule has 0 bridgehead atoms. The summed E-state index contributed by atoms with van der Waals surface area (Å²) in [6.07, 6.45) is 1.73. The molecule has 37 heavy (non-hydrogen) atoms. The SMILES string of the molecule is NCCCCC(NC(=O)C(CCC(N)=O)NC(=O)C(CCCCN)NC(=O)C(N)CCC(N)=O)C(=O)O. The van der Waals surface area contributed by atoms with Crippen molar-refractivity contribution in [3.63, 3.8) is 0 Å². The number of carboxylic acids is 1. The van der Waals surface area contributed by atoms with Gasteiger partial charge in [0.25, 0.3) is 0 Å². The average Bonchev–Trinajstić information content (AvgIpc) is 2.83. The summed E-state index contributed by atoms with van der Waals surface area (Å²) in [5.74, 6) is -4.88. The van der Waals surface area contributed by atoms with Crippen LogP contribution in [0.3, 0.4) is 0 Å². The van der Waals surface area contributed by atoms with Crippen LogP contribution in [0.1, 0.15) is 64.2 Å². The molecule has 0 aromatic rings. The molecule has 14 N–H and O–H groups in total. The minimum atomic E-state index is -1.30. The Kier molecular flexibility index (Phi) is 17.2. The molecule has 0 heterocycles. The van der Waals surface area contributed by atoms with E-state index in [1.807, 2.05) is 0 Å². The van der Waals surface area contributed by atoms with E-state index in [4.69, 9.17) is 28.7 Å². The minimum absolute atomic E-state index is 0.0251. The van der Waals surface area contributed by atoms with Crippen LogP contribution in [0.2, 0.25) is 0 Å². The number of carboxylic acid groups (broad SMARTS) is 1. The highest BCUT2D eigenvalue weighted by molar-refractivity contribution is 5.94. The van der Waals surface area contributed by atoms with Gasteiger partial charge < -0.3 is 49.7 Å². The fourth-order valence-electron chi connectivity index (χ4n) is 3.32. The molecule has 15 nitrogen and oxygen atoms in total. The van der Waals surface area contributed by atoms with E-state index in [9.17, 15) is 33.9 Å². The highest BCUT2D eigenvalue weighted by atomic mass is 16.4. The number of rotatable bonds is 21.